The third-order valence-corrected chi connectivity index (χ3v) is 6.53. The Morgan fingerprint density at radius 3 is 2.21 bits per heavy atom. The van der Waals surface area contributed by atoms with Crippen LogP contribution in [-0.2, 0) is 22.8 Å². The van der Waals surface area contributed by atoms with Gasteiger partial charge in [0.05, 0.1) is 0 Å². The van der Waals surface area contributed by atoms with E-state index in [-0.39, 0.29) is 0 Å². The van der Waals surface area contributed by atoms with Crippen LogP contribution in [0.3, 0.4) is 0 Å². The van der Waals surface area contributed by atoms with Gasteiger partial charge in [-0.1, -0.05) is 0 Å². The fourth-order valence-electron chi connectivity index (χ4n) is 1.21. The molecule has 2 heterocycles. The van der Waals surface area contributed by atoms with Gasteiger partial charge in [-0.05, 0) is 0 Å². The molecule has 0 aromatic rings. The number of fused-ring (bicyclic) bond motifs is 2. The van der Waals surface area contributed by atoms with Gasteiger partial charge in [-0.25, -0.2) is 0 Å². The van der Waals surface area contributed by atoms with Crippen molar-refractivity contribution in [1.29, 1.82) is 0 Å². The SMILES string of the molecule is O=C1CC2(C(=O)O)CC(=O)[O][Bi]([O]1)[O]2. The predicted molar refractivity (Wildman–Crippen MR) is 38.6 cm³/mol. The molecule has 2 fully saturated rings. The van der Waals surface area contributed by atoms with Crippen LogP contribution in [0.25, 0.3) is 0 Å². The van der Waals surface area contributed by atoms with E-state index >= 15 is 0 Å². The monoisotopic (exact) mass is 398 g/mol. The first-order valence-electron chi connectivity index (χ1n) is 3.66. The number of aliphatic carboxylic acids is 1. The molecule has 0 saturated carbocycles. The van der Waals surface area contributed by atoms with Crippen molar-refractivity contribution in [3.63, 3.8) is 0 Å². The van der Waals surface area contributed by atoms with Gasteiger partial charge in [0.2, 0.25) is 0 Å². The average molecular weight is 398 g/mol. The molecule has 2 rings (SSSR count). The van der Waals surface area contributed by atoms with E-state index in [2.05, 4.69) is 5.63 Å². The fraction of sp³-hybridized carbons (Fsp3) is 0.500. The summed E-state index contributed by atoms with van der Waals surface area (Å²) in [7, 11) is 0. The molecule has 0 aromatic heterocycles. The number of carboxylic acid groups (broad SMARTS) is 1. The average Bonchev–Trinajstić information content (AvgIpc) is 2.00. The van der Waals surface area contributed by atoms with Gasteiger partial charge >= 0.3 is 87.4 Å². The van der Waals surface area contributed by atoms with Crippen LogP contribution in [0.5, 0.6) is 0 Å². The van der Waals surface area contributed by atoms with Gasteiger partial charge in [0.25, 0.3) is 0 Å². The summed E-state index contributed by atoms with van der Waals surface area (Å²) in [5, 5.41) is 8.87. The zero-order valence-electron chi connectivity index (χ0n) is 6.76. The summed E-state index contributed by atoms with van der Waals surface area (Å²) in [5.41, 5.74) is -1.72. The van der Waals surface area contributed by atoms with Crippen LogP contribution >= 0.6 is 0 Å². The van der Waals surface area contributed by atoms with Crippen LogP contribution < -0.4 is 0 Å². The Labute approximate surface area is 87.5 Å². The molecule has 0 amide bonds. The number of carbonyl (C=O) groups excluding carboxylic acids is 2. The summed E-state index contributed by atoms with van der Waals surface area (Å²) in [6.07, 6.45) is -0.855. The van der Waals surface area contributed by atoms with Crippen molar-refractivity contribution >= 4 is 41.0 Å². The summed E-state index contributed by atoms with van der Waals surface area (Å²) in [6.45, 7) is 0. The molecule has 2 bridgehead atoms. The van der Waals surface area contributed by atoms with Gasteiger partial charge in [0, 0.05) is 0 Å². The Morgan fingerprint density at radius 1 is 1.29 bits per heavy atom. The predicted octanol–water partition coefficient (Wildman–Crippen LogP) is -1.29. The van der Waals surface area contributed by atoms with Crippen LogP contribution in [0.2, 0.25) is 0 Å². The van der Waals surface area contributed by atoms with Crippen LogP contribution in [-0.4, -0.2) is 51.7 Å². The molecule has 8 heteroatoms. The Kier molecular flexibility index (Phi) is 2.19. The minimum absolute atomic E-state index is 0.427. The van der Waals surface area contributed by atoms with Crippen LogP contribution in [0.15, 0.2) is 0 Å². The van der Waals surface area contributed by atoms with Gasteiger partial charge < -0.3 is 0 Å². The molecule has 1 N–H and O–H groups in total. The molecule has 0 aromatic carbocycles. The van der Waals surface area contributed by atoms with Crippen molar-refractivity contribution in [2.45, 2.75) is 18.4 Å². The van der Waals surface area contributed by atoms with Gasteiger partial charge in [0.1, 0.15) is 0 Å². The summed E-state index contributed by atoms with van der Waals surface area (Å²) in [5.74, 6) is -2.64. The molecular weight excluding hydrogens is 393 g/mol. The number of hydrogen-bond donors (Lipinski definition) is 1. The molecule has 0 radical (unpaired) electrons. The third-order valence-electron chi connectivity index (χ3n) is 1.85. The second-order valence-electron chi connectivity index (χ2n) is 2.89. The number of hydrogen-bond acceptors (Lipinski definition) is 6. The molecule has 2 aliphatic rings. The quantitative estimate of drug-likeness (QED) is 0.549. The molecule has 0 atom stereocenters. The van der Waals surface area contributed by atoms with Crippen molar-refractivity contribution in [3.05, 3.63) is 0 Å². The number of carbonyl (C=O) groups is 3. The maximum atomic E-state index is 11.0. The minimum atomic E-state index is -3.54. The third kappa shape index (κ3) is 1.48. The van der Waals surface area contributed by atoms with E-state index in [4.69, 9.17) is 7.92 Å². The molecule has 0 unspecified atom stereocenters. The van der Waals surface area contributed by atoms with Gasteiger partial charge in [0.15, 0.2) is 0 Å². The molecule has 7 nitrogen and oxygen atoms in total. The molecule has 2 aliphatic heterocycles. The first-order chi connectivity index (χ1) is 6.52. The van der Waals surface area contributed by atoms with Crippen molar-refractivity contribution in [2.75, 3.05) is 0 Å². The van der Waals surface area contributed by atoms with Crippen molar-refractivity contribution < 1.29 is 27.9 Å². The van der Waals surface area contributed by atoms with Crippen molar-refractivity contribution in [1.82, 2.24) is 0 Å². The Morgan fingerprint density at radius 2 is 1.79 bits per heavy atom. The Hall–Kier alpha value is -0.747. The molecule has 2 saturated heterocycles. The van der Waals surface area contributed by atoms with E-state index in [1.165, 1.54) is 0 Å². The maximum absolute atomic E-state index is 11.0. The van der Waals surface area contributed by atoms with Crippen LogP contribution in [0.4, 0.5) is 0 Å². The topological polar surface area (TPSA) is 99.1 Å². The molecule has 76 valence electrons. The van der Waals surface area contributed by atoms with E-state index in [0.29, 0.717) is 0 Å². The van der Waals surface area contributed by atoms with Crippen molar-refractivity contribution in [3.8, 4) is 0 Å². The van der Waals surface area contributed by atoms with E-state index in [0.717, 1.165) is 0 Å². The zero-order chi connectivity index (χ0) is 10.3. The number of carboxylic acids is 1. The first-order valence-corrected chi connectivity index (χ1v) is 7.92. The standard InChI is InChI=1S/C6H7O7.Bi/c7-3(8)1-6(13,5(11)12)2-4(9)10;/h1-2H2,(H,7,8)(H,9,10)(H,11,12);/q-1;+3/p-2. The summed E-state index contributed by atoms with van der Waals surface area (Å²) in [6, 6.07) is 0. The Bertz CT molecular complexity index is 304. The van der Waals surface area contributed by atoms with E-state index in [1.807, 2.05) is 0 Å². The molecule has 0 aliphatic carbocycles. The Balaban J connectivity index is 2.32. The molecule has 0 spiro atoms. The first kappa shape index (κ1) is 9.79. The van der Waals surface area contributed by atoms with Gasteiger partial charge in [-0.15, -0.1) is 0 Å². The second-order valence-corrected chi connectivity index (χ2v) is 6.76. The second kappa shape index (κ2) is 3.13. The summed E-state index contributed by atoms with van der Waals surface area (Å²) < 4.78 is 14.3. The zero-order valence-corrected chi connectivity index (χ0v) is 10.2. The summed E-state index contributed by atoms with van der Waals surface area (Å²) >= 11 is -3.54. The van der Waals surface area contributed by atoms with Crippen molar-refractivity contribution in [2.24, 2.45) is 0 Å². The number of rotatable bonds is 1. The summed E-state index contributed by atoms with van der Waals surface area (Å²) in [4.78, 5) is 32.8. The van der Waals surface area contributed by atoms with Crippen LogP contribution in [0, 0.1) is 0 Å². The normalized spacial score (nSPS) is 25.1. The molecule has 14 heavy (non-hydrogen) atoms. The molecular formula is C6H5BiO7. The van der Waals surface area contributed by atoms with Gasteiger partial charge in [-0.2, -0.15) is 0 Å². The van der Waals surface area contributed by atoms with E-state index < -0.39 is 59.4 Å². The fourth-order valence-corrected chi connectivity index (χ4v) is 5.36. The van der Waals surface area contributed by atoms with E-state index in [1.54, 1.807) is 0 Å². The van der Waals surface area contributed by atoms with E-state index in [9.17, 15) is 14.4 Å². The van der Waals surface area contributed by atoms with Gasteiger partial charge in [-0.3, -0.25) is 0 Å². The van der Waals surface area contributed by atoms with Crippen LogP contribution in [0.1, 0.15) is 12.8 Å².